The lowest BCUT2D eigenvalue weighted by atomic mass is 9.80. The number of Topliss-reactive ketones (excluding diaryl/α,β-unsaturated/α-hetero) is 2. The van der Waals surface area contributed by atoms with Crippen LogP contribution >= 0.6 is 0 Å². The van der Waals surface area contributed by atoms with Crippen molar-refractivity contribution < 1.29 is 14.3 Å². The molecule has 0 heterocycles. The summed E-state index contributed by atoms with van der Waals surface area (Å²) in [7, 11) is 1.43. The van der Waals surface area contributed by atoms with Crippen molar-refractivity contribution in [3.63, 3.8) is 0 Å². The molecule has 0 saturated heterocycles. The van der Waals surface area contributed by atoms with Gasteiger partial charge in [0.2, 0.25) is 5.78 Å². The van der Waals surface area contributed by atoms with E-state index in [1.54, 1.807) is 0 Å². The van der Waals surface area contributed by atoms with Gasteiger partial charge in [-0.05, 0) is 24.3 Å². The predicted octanol–water partition coefficient (Wildman–Crippen LogP) is 1.33. The first-order chi connectivity index (χ1) is 6.54. The number of carbonyl (C=O) groups is 2. The molecule has 0 spiro atoms. The Labute approximate surface area is 83.1 Å². The van der Waals surface area contributed by atoms with Crippen LogP contribution in [0.5, 0.6) is 0 Å². The smallest absolute Gasteiger partial charge is 0.263 e. The van der Waals surface area contributed by atoms with Crippen LogP contribution in [0, 0.1) is 17.3 Å². The summed E-state index contributed by atoms with van der Waals surface area (Å²) in [5, 5.41) is 0. The van der Waals surface area contributed by atoms with Gasteiger partial charge in [-0.1, -0.05) is 13.8 Å². The van der Waals surface area contributed by atoms with Crippen molar-refractivity contribution in [3.05, 3.63) is 11.8 Å². The lowest BCUT2D eigenvalue weighted by Crippen LogP contribution is -2.35. The van der Waals surface area contributed by atoms with Crippen molar-refractivity contribution in [1.29, 1.82) is 0 Å². The quantitative estimate of drug-likeness (QED) is 0.623. The molecule has 2 atom stereocenters. The number of rotatable bonds is 2. The number of ketones is 2. The minimum Gasteiger partial charge on any atom is -0.493 e. The van der Waals surface area contributed by atoms with Gasteiger partial charge in [-0.3, -0.25) is 9.59 Å². The summed E-state index contributed by atoms with van der Waals surface area (Å²) in [5.41, 5.74) is -0.390. The topological polar surface area (TPSA) is 43.4 Å². The molecule has 1 saturated carbocycles. The second-order valence-corrected chi connectivity index (χ2v) is 4.40. The van der Waals surface area contributed by atoms with Gasteiger partial charge in [-0.15, -0.1) is 0 Å². The monoisotopic (exact) mass is 194 g/mol. The van der Waals surface area contributed by atoms with Gasteiger partial charge in [0.15, 0.2) is 5.76 Å². The number of fused-ring (bicyclic) bond motifs is 1. The summed E-state index contributed by atoms with van der Waals surface area (Å²) in [4.78, 5) is 23.4. The van der Waals surface area contributed by atoms with Gasteiger partial charge in [0, 0.05) is 5.41 Å². The van der Waals surface area contributed by atoms with Gasteiger partial charge >= 0.3 is 0 Å². The van der Waals surface area contributed by atoms with Crippen molar-refractivity contribution in [2.24, 2.45) is 17.3 Å². The molecule has 2 unspecified atom stereocenters. The predicted molar refractivity (Wildman–Crippen MR) is 50.5 cm³/mol. The minimum atomic E-state index is -0.449. The number of carbonyl (C=O) groups excluding carboxylic acids is 2. The lowest BCUT2D eigenvalue weighted by Gasteiger charge is -2.22. The fraction of sp³-hybridized carbons (Fsp3) is 0.636. The molecule has 0 amide bonds. The maximum Gasteiger partial charge on any atom is 0.263 e. The second kappa shape index (κ2) is 2.69. The third kappa shape index (κ3) is 0.925. The molecule has 0 radical (unpaired) electrons. The molecule has 0 bridgehead atoms. The molecule has 2 aliphatic carbocycles. The van der Waals surface area contributed by atoms with E-state index in [9.17, 15) is 9.59 Å². The van der Waals surface area contributed by atoms with Crippen molar-refractivity contribution in [3.8, 4) is 0 Å². The zero-order valence-corrected chi connectivity index (χ0v) is 8.66. The highest BCUT2D eigenvalue weighted by Crippen LogP contribution is 2.61. The number of methoxy groups -OCH3 is 1. The van der Waals surface area contributed by atoms with E-state index in [0.717, 1.165) is 6.42 Å². The Hall–Kier alpha value is -1.12. The Morgan fingerprint density at radius 1 is 1.50 bits per heavy atom. The van der Waals surface area contributed by atoms with Gasteiger partial charge in [0.1, 0.15) is 0 Å². The maximum atomic E-state index is 11.8. The van der Waals surface area contributed by atoms with E-state index in [4.69, 9.17) is 4.74 Å². The van der Waals surface area contributed by atoms with Crippen molar-refractivity contribution >= 4 is 11.6 Å². The molecule has 76 valence electrons. The molecule has 0 aromatic rings. The fourth-order valence-electron chi connectivity index (χ4n) is 2.44. The minimum absolute atomic E-state index is 0.225. The molecule has 3 heteroatoms. The molecular formula is C11H14O3. The van der Waals surface area contributed by atoms with Crippen LogP contribution < -0.4 is 0 Å². The van der Waals surface area contributed by atoms with Gasteiger partial charge < -0.3 is 4.74 Å². The average Bonchev–Trinajstić information content (AvgIpc) is 2.87. The first-order valence-electron chi connectivity index (χ1n) is 4.89. The normalized spacial score (nSPS) is 35.4. The zero-order valence-electron chi connectivity index (χ0n) is 8.66. The van der Waals surface area contributed by atoms with Crippen LogP contribution in [0.4, 0.5) is 0 Å². The third-order valence-electron chi connectivity index (χ3n) is 3.51. The van der Waals surface area contributed by atoms with Crippen molar-refractivity contribution in [1.82, 2.24) is 0 Å². The summed E-state index contributed by atoms with van der Waals surface area (Å²) in [5.74, 6) is -0.0122. The summed E-state index contributed by atoms with van der Waals surface area (Å²) in [6.07, 6.45) is 2.62. The summed E-state index contributed by atoms with van der Waals surface area (Å²) >= 11 is 0. The highest BCUT2D eigenvalue weighted by molar-refractivity contribution is 6.46. The fourth-order valence-corrected chi connectivity index (χ4v) is 2.44. The van der Waals surface area contributed by atoms with E-state index in [2.05, 4.69) is 0 Å². The van der Waals surface area contributed by atoms with Gasteiger partial charge in [-0.2, -0.15) is 0 Å². The van der Waals surface area contributed by atoms with Crippen LogP contribution in [0.15, 0.2) is 11.8 Å². The molecule has 2 aliphatic rings. The molecule has 1 fully saturated rings. The largest absolute Gasteiger partial charge is 0.493 e. The van der Waals surface area contributed by atoms with Crippen LogP contribution in [0.2, 0.25) is 0 Å². The molecule has 0 aromatic carbocycles. The Balaban J connectivity index is 2.38. The van der Waals surface area contributed by atoms with Crippen LogP contribution in [0.3, 0.4) is 0 Å². The van der Waals surface area contributed by atoms with Crippen LogP contribution in [0.1, 0.15) is 20.3 Å². The number of hydrogen-bond acceptors (Lipinski definition) is 3. The number of ether oxygens (including phenoxy) is 1. The molecule has 14 heavy (non-hydrogen) atoms. The van der Waals surface area contributed by atoms with Crippen LogP contribution in [0.25, 0.3) is 0 Å². The molecule has 0 N–H and O–H groups in total. The second-order valence-electron chi connectivity index (χ2n) is 4.40. The number of hydrogen-bond donors (Lipinski definition) is 0. The standard InChI is InChI=1S/C11H14O3/c1-6(2)11-5-7(11)4-8(14-3)9(12)10(11)13/h4,6-7H,5H2,1-3H3. The van der Waals surface area contributed by atoms with Crippen LogP contribution in [-0.2, 0) is 14.3 Å². The van der Waals surface area contributed by atoms with E-state index in [1.165, 1.54) is 7.11 Å². The lowest BCUT2D eigenvalue weighted by molar-refractivity contribution is -0.141. The Bertz CT molecular complexity index is 340. The van der Waals surface area contributed by atoms with Gasteiger partial charge in [0.25, 0.3) is 5.78 Å². The SMILES string of the molecule is COC1=CC2CC2(C(C)C)C(=O)C1=O. The highest BCUT2D eigenvalue weighted by Gasteiger charge is 2.65. The first-order valence-corrected chi connectivity index (χ1v) is 4.89. The molecular weight excluding hydrogens is 180 g/mol. The summed E-state index contributed by atoms with van der Waals surface area (Å²) in [6, 6.07) is 0. The van der Waals surface area contributed by atoms with Gasteiger partial charge in [-0.25, -0.2) is 0 Å². The third-order valence-corrected chi connectivity index (χ3v) is 3.51. The van der Waals surface area contributed by atoms with Crippen molar-refractivity contribution in [2.45, 2.75) is 20.3 Å². The van der Waals surface area contributed by atoms with E-state index in [-0.39, 0.29) is 28.8 Å². The Kier molecular flexibility index (Phi) is 1.81. The first kappa shape index (κ1) is 9.44. The van der Waals surface area contributed by atoms with Gasteiger partial charge in [0.05, 0.1) is 7.11 Å². The Morgan fingerprint density at radius 3 is 2.64 bits per heavy atom. The molecule has 0 aromatic heterocycles. The molecule has 2 rings (SSSR count). The number of allylic oxidation sites excluding steroid dienone is 2. The zero-order chi connectivity index (χ0) is 10.5. The maximum absolute atomic E-state index is 11.8. The molecule has 3 nitrogen and oxygen atoms in total. The summed E-state index contributed by atoms with van der Waals surface area (Å²) in [6.45, 7) is 3.99. The van der Waals surface area contributed by atoms with E-state index in [1.807, 2.05) is 19.9 Å². The average molecular weight is 194 g/mol. The van der Waals surface area contributed by atoms with E-state index < -0.39 is 5.78 Å². The Morgan fingerprint density at radius 2 is 2.14 bits per heavy atom. The van der Waals surface area contributed by atoms with Crippen LogP contribution in [-0.4, -0.2) is 18.7 Å². The molecule has 0 aliphatic heterocycles. The van der Waals surface area contributed by atoms with Crippen molar-refractivity contribution in [2.75, 3.05) is 7.11 Å². The highest BCUT2D eigenvalue weighted by atomic mass is 16.5. The summed E-state index contributed by atoms with van der Waals surface area (Å²) < 4.78 is 4.89. The van der Waals surface area contributed by atoms with E-state index in [0.29, 0.717) is 0 Å². The van der Waals surface area contributed by atoms with E-state index >= 15 is 0 Å².